The van der Waals surface area contributed by atoms with E-state index in [1.54, 1.807) is 12.2 Å². The molecule has 172 valence electrons. The van der Waals surface area contributed by atoms with E-state index in [9.17, 15) is 10.2 Å². The summed E-state index contributed by atoms with van der Waals surface area (Å²) in [7, 11) is 0. The Kier molecular flexibility index (Phi) is 8.05. The minimum Gasteiger partial charge on any atom is -0.387 e. The Morgan fingerprint density at radius 1 is 0.636 bits per heavy atom. The first kappa shape index (κ1) is 23.4. The number of aliphatic hydroxyl groups excluding tert-OH is 1. The van der Waals surface area contributed by atoms with Gasteiger partial charge in [0.05, 0.1) is 26.4 Å². The highest BCUT2D eigenvalue weighted by atomic mass is 16.5. The summed E-state index contributed by atoms with van der Waals surface area (Å²) in [5, 5.41) is 22.7. The lowest BCUT2D eigenvalue weighted by atomic mass is 9.82. The molecule has 0 fully saturated rings. The molecule has 0 unspecified atom stereocenters. The second kappa shape index (κ2) is 11.4. The summed E-state index contributed by atoms with van der Waals surface area (Å²) in [4.78, 5) is 0. The SMILES string of the molecule is O[C@H]1[C@H](OCc2ccccc2)C=C[C@@H](OCc2ccccc2)[C@@]1(O)COCc1ccccc1. The van der Waals surface area contributed by atoms with Gasteiger partial charge in [-0.3, -0.25) is 0 Å². The maximum Gasteiger partial charge on any atom is 0.146 e. The first-order valence-electron chi connectivity index (χ1n) is 11.2. The van der Waals surface area contributed by atoms with Gasteiger partial charge in [-0.05, 0) is 16.7 Å². The van der Waals surface area contributed by atoms with E-state index in [-0.39, 0.29) is 6.61 Å². The predicted octanol–water partition coefficient (Wildman–Crippen LogP) is 4.04. The zero-order chi connectivity index (χ0) is 22.9. The van der Waals surface area contributed by atoms with Crippen LogP contribution in [0.3, 0.4) is 0 Å². The molecule has 0 radical (unpaired) electrons. The number of aliphatic hydroxyl groups is 2. The van der Waals surface area contributed by atoms with Crippen molar-refractivity contribution in [1.82, 2.24) is 0 Å². The number of rotatable bonds is 10. The number of hydrogen-bond donors (Lipinski definition) is 2. The first-order chi connectivity index (χ1) is 16.1. The van der Waals surface area contributed by atoms with E-state index >= 15 is 0 Å². The Bertz CT molecular complexity index is 993. The average Bonchev–Trinajstić information content (AvgIpc) is 2.86. The number of hydrogen-bond acceptors (Lipinski definition) is 5. The van der Waals surface area contributed by atoms with Crippen LogP contribution in [0.2, 0.25) is 0 Å². The fourth-order valence-electron chi connectivity index (χ4n) is 3.88. The van der Waals surface area contributed by atoms with Crippen LogP contribution >= 0.6 is 0 Å². The van der Waals surface area contributed by atoms with Crippen molar-refractivity contribution in [1.29, 1.82) is 0 Å². The van der Waals surface area contributed by atoms with Gasteiger partial charge in [0.2, 0.25) is 0 Å². The van der Waals surface area contributed by atoms with Crippen LogP contribution in [-0.4, -0.2) is 40.7 Å². The van der Waals surface area contributed by atoms with Gasteiger partial charge < -0.3 is 24.4 Å². The normalized spacial score (nSPS) is 24.6. The summed E-state index contributed by atoms with van der Waals surface area (Å²) < 4.78 is 17.8. The molecule has 5 heteroatoms. The quantitative estimate of drug-likeness (QED) is 0.460. The van der Waals surface area contributed by atoms with Gasteiger partial charge in [0, 0.05) is 0 Å². The number of ether oxygens (including phenoxy) is 3. The zero-order valence-electron chi connectivity index (χ0n) is 18.5. The predicted molar refractivity (Wildman–Crippen MR) is 126 cm³/mol. The summed E-state index contributed by atoms with van der Waals surface area (Å²) in [5.41, 5.74) is 1.29. The molecule has 0 amide bonds. The van der Waals surface area contributed by atoms with E-state index in [1.807, 2.05) is 91.0 Å². The summed E-state index contributed by atoms with van der Waals surface area (Å²) in [6.07, 6.45) is 0.862. The molecule has 4 atom stereocenters. The van der Waals surface area contributed by atoms with Crippen molar-refractivity contribution in [3.05, 3.63) is 120 Å². The molecule has 2 N–H and O–H groups in total. The van der Waals surface area contributed by atoms with Crippen molar-refractivity contribution >= 4 is 0 Å². The second-order valence-electron chi connectivity index (χ2n) is 8.28. The molecule has 1 aliphatic carbocycles. The van der Waals surface area contributed by atoms with Crippen molar-refractivity contribution in [3.63, 3.8) is 0 Å². The molecular weight excluding hydrogens is 416 g/mol. The second-order valence-corrected chi connectivity index (χ2v) is 8.28. The highest BCUT2D eigenvalue weighted by Crippen LogP contribution is 2.31. The molecule has 5 nitrogen and oxygen atoms in total. The molecule has 0 spiro atoms. The van der Waals surface area contributed by atoms with Crippen LogP contribution in [0.15, 0.2) is 103 Å². The van der Waals surface area contributed by atoms with Crippen molar-refractivity contribution in [3.8, 4) is 0 Å². The van der Waals surface area contributed by atoms with Gasteiger partial charge in [0.1, 0.15) is 23.9 Å². The minimum atomic E-state index is -1.67. The van der Waals surface area contributed by atoms with Crippen LogP contribution in [0.5, 0.6) is 0 Å². The molecule has 0 aliphatic heterocycles. The summed E-state index contributed by atoms with van der Waals surface area (Å²) >= 11 is 0. The highest BCUT2D eigenvalue weighted by Gasteiger charge is 2.49. The third-order valence-corrected chi connectivity index (χ3v) is 5.79. The molecule has 0 aromatic heterocycles. The molecule has 1 aliphatic rings. The Balaban J connectivity index is 1.45. The van der Waals surface area contributed by atoms with Gasteiger partial charge in [-0.25, -0.2) is 0 Å². The molecule has 0 bridgehead atoms. The van der Waals surface area contributed by atoms with Gasteiger partial charge in [0.15, 0.2) is 0 Å². The molecule has 0 saturated heterocycles. The molecule has 3 aromatic carbocycles. The molecule has 33 heavy (non-hydrogen) atoms. The summed E-state index contributed by atoms with van der Waals surface area (Å²) in [5.74, 6) is 0. The summed E-state index contributed by atoms with van der Waals surface area (Å²) in [6.45, 7) is 0.848. The highest BCUT2D eigenvalue weighted by molar-refractivity contribution is 5.19. The van der Waals surface area contributed by atoms with E-state index in [0.29, 0.717) is 19.8 Å². The van der Waals surface area contributed by atoms with E-state index in [1.165, 1.54) is 0 Å². The molecular formula is C28H30O5. The van der Waals surface area contributed by atoms with Crippen molar-refractivity contribution in [2.24, 2.45) is 0 Å². The largest absolute Gasteiger partial charge is 0.387 e. The topological polar surface area (TPSA) is 68.2 Å². The van der Waals surface area contributed by atoms with E-state index < -0.39 is 23.9 Å². The van der Waals surface area contributed by atoms with Crippen LogP contribution in [0, 0.1) is 0 Å². The van der Waals surface area contributed by atoms with Crippen molar-refractivity contribution in [2.75, 3.05) is 6.61 Å². The lowest BCUT2D eigenvalue weighted by Crippen LogP contribution is -2.62. The maximum absolute atomic E-state index is 11.6. The maximum atomic E-state index is 11.6. The molecule has 0 heterocycles. The first-order valence-corrected chi connectivity index (χ1v) is 11.2. The van der Waals surface area contributed by atoms with Gasteiger partial charge in [-0.1, -0.05) is 103 Å². The van der Waals surface area contributed by atoms with Gasteiger partial charge >= 0.3 is 0 Å². The fourth-order valence-corrected chi connectivity index (χ4v) is 3.88. The average molecular weight is 447 g/mol. The Labute approximate surface area is 194 Å². The summed E-state index contributed by atoms with van der Waals surface area (Å²) in [6, 6.07) is 29.2. The van der Waals surface area contributed by atoms with Gasteiger partial charge in [0.25, 0.3) is 0 Å². The minimum absolute atomic E-state index is 0.0992. The van der Waals surface area contributed by atoms with Crippen LogP contribution in [-0.2, 0) is 34.0 Å². The molecule has 4 rings (SSSR count). The van der Waals surface area contributed by atoms with Crippen molar-refractivity contribution < 1.29 is 24.4 Å². The molecule has 3 aromatic rings. The third kappa shape index (κ3) is 6.16. The van der Waals surface area contributed by atoms with Crippen LogP contribution in [0.25, 0.3) is 0 Å². The molecule has 0 saturated carbocycles. The van der Waals surface area contributed by atoms with E-state index in [0.717, 1.165) is 16.7 Å². The third-order valence-electron chi connectivity index (χ3n) is 5.79. The lowest BCUT2D eigenvalue weighted by Gasteiger charge is -2.43. The standard InChI is InChI=1S/C28H30O5/c29-27-25(32-19-23-12-6-2-7-13-23)16-17-26(33-20-24-14-8-3-9-15-24)28(27,30)21-31-18-22-10-4-1-5-11-22/h1-17,25-27,29-30H,18-21H2/t25-,26-,27+,28+/m1/s1. The van der Waals surface area contributed by atoms with Crippen molar-refractivity contribution in [2.45, 2.75) is 43.7 Å². The van der Waals surface area contributed by atoms with E-state index in [4.69, 9.17) is 14.2 Å². The van der Waals surface area contributed by atoms with Crippen LogP contribution in [0.1, 0.15) is 16.7 Å². The van der Waals surface area contributed by atoms with Crippen LogP contribution in [0.4, 0.5) is 0 Å². The lowest BCUT2D eigenvalue weighted by molar-refractivity contribution is -0.214. The van der Waals surface area contributed by atoms with Crippen LogP contribution < -0.4 is 0 Å². The van der Waals surface area contributed by atoms with Gasteiger partial charge in [-0.15, -0.1) is 0 Å². The van der Waals surface area contributed by atoms with Gasteiger partial charge in [-0.2, -0.15) is 0 Å². The Morgan fingerprint density at radius 2 is 1.12 bits per heavy atom. The monoisotopic (exact) mass is 446 g/mol. The fraction of sp³-hybridized carbons (Fsp3) is 0.286. The zero-order valence-corrected chi connectivity index (χ0v) is 18.5. The number of benzene rings is 3. The Morgan fingerprint density at radius 3 is 1.67 bits per heavy atom. The van der Waals surface area contributed by atoms with E-state index in [2.05, 4.69) is 0 Å². The Hall–Kier alpha value is -2.80. The smallest absolute Gasteiger partial charge is 0.146 e.